The number of carbonyl (C=O) groups excluding carboxylic acids is 2. The van der Waals surface area contributed by atoms with Crippen molar-refractivity contribution in [1.29, 1.82) is 0 Å². The first-order chi connectivity index (χ1) is 13.5. The third kappa shape index (κ3) is 3.93. The fourth-order valence-corrected chi connectivity index (χ4v) is 3.56. The summed E-state index contributed by atoms with van der Waals surface area (Å²) >= 11 is 0. The standard InChI is InChI=1S/C21H24N4O3/c1-13(2)8-19-23-17-6-5-15(10-18(17)24-19)22-21(27)14-9-20(26)25(11-14)12-16-4-3-7-28-16/h3-7,10,13-14H,8-9,11-12H2,1-2H3,(H,22,27)(H,23,24)/t14-/m0/s1. The second-order valence-corrected chi connectivity index (χ2v) is 7.76. The zero-order valence-corrected chi connectivity index (χ0v) is 16.1. The van der Waals surface area contributed by atoms with E-state index in [1.165, 1.54) is 0 Å². The number of H-pyrrole nitrogens is 1. The number of carbonyl (C=O) groups is 2. The SMILES string of the molecule is CC(C)Cc1nc2ccc(NC(=O)[C@H]3CC(=O)N(Cc4ccco4)C3)cc2[nH]1. The molecule has 1 aromatic carbocycles. The molecule has 3 aromatic rings. The molecule has 1 atom stereocenters. The minimum Gasteiger partial charge on any atom is -0.467 e. The summed E-state index contributed by atoms with van der Waals surface area (Å²) in [5.41, 5.74) is 2.49. The highest BCUT2D eigenvalue weighted by Gasteiger charge is 2.34. The molecule has 0 aliphatic carbocycles. The molecular weight excluding hydrogens is 356 g/mol. The first-order valence-corrected chi connectivity index (χ1v) is 9.57. The first-order valence-electron chi connectivity index (χ1n) is 9.57. The van der Waals surface area contributed by atoms with Gasteiger partial charge in [-0.25, -0.2) is 4.98 Å². The Morgan fingerprint density at radius 3 is 3.00 bits per heavy atom. The predicted octanol–water partition coefficient (Wildman–Crippen LogP) is 3.34. The molecule has 0 unspecified atom stereocenters. The molecule has 2 N–H and O–H groups in total. The second kappa shape index (κ2) is 7.50. The van der Waals surface area contributed by atoms with Gasteiger partial charge in [0.15, 0.2) is 0 Å². The Bertz CT molecular complexity index is 990. The van der Waals surface area contributed by atoms with Crippen molar-refractivity contribution in [3.63, 3.8) is 0 Å². The van der Waals surface area contributed by atoms with Crippen LogP contribution in [0.15, 0.2) is 41.0 Å². The number of amides is 2. The smallest absolute Gasteiger partial charge is 0.229 e. The van der Waals surface area contributed by atoms with E-state index in [0.717, 1.165) is 29.0 Å². The Labute approximate surface area is 163 Å². The molecule has 2 amide bonds. The lowest BCUT2D eigenvalue weighted by Gasteiger charge is -2.15. The highest BCUT2D eigenvalue weighted by atomic mass is 16.3. The van der Waals surface area contributed by atoms with Crippen LogP contribution < -0.4 is 5.32 Å². The maximum Gasteiger partial charge on any atom is 0.229 e. The largest absolute Gasteiger partial charge is 0.467 e. The highest BCUT2D eigenvalue weighted by Crippen LogP contribution is 2.23. The van der Waals surface area contributed by atoms with E-state index < -0.39 is 0 Å². The van der Waals surface area contributed by atoms with Gasteiger partial charge in [-0.15, -0.1) is 0 Å². The van der Waals surface area contributed by atoms with Crippen molar-refractivity contribution in [3.05, 3.63) is 48.2 Å². The molecule has 1 aliphatic heterocycles. The van der Waals surface area contributed by atoms with Gasteiger partial charge in [-0.2, -0.15) is 0 Å². The number of benzene rings is 1. The number of likely N-dealkylation sites (tertiary alicyclic amines) is 1. The van der Waals surface area contributed by atoms with E-state index in [9.17, 15) is 9.59 Å². The molecule has 1 saturated heterocycles. The first kappa shape index (κ1) is 18.3. The van der Waals surface area contributed by atoms with Crippen molar-refractivity contribution >= 4 is 28.5 Å². The van der Waals surface area contributed by atoms with Crippen molar-refractivity contribution in [2.45, 2.75) is 33.2 Å². The van der Waals surface area contributed by atoms with Crippen molar-refractivity contribution < 1.29 is 14.0 Å². The van der Waals surface area contributed by atoms with Gasteiger partial charge in [-0.05, 0) is 36.2 Å². The molecule has 3 heterocycles. The van der Waals surface area contributed by atoms with E-state index in [1.54, 1.807) is 17.2 Å². The Morgan fingerprint density at radius 2 is 2.25 bits per heavy atom. The topological polar surface area (TPSA) is 91.2 Å². The zero-order valence-electron chi connectivity index (χ0n) is 16.1. The van der Waals surface area contributed by atoms with Crippen LogP contribution in [0.2, 0.25) is 0 Å². The lowest BCUT2D eigenvalue weighted by Crippen LogP contribution is -2.27. The molecule has 7 heteroatoms. The van der Waals surface area contributed by atoms with Crippen molar-refractivity contribution in [2.24, 2.45) is 11.8 Å². The summed E-state index contributed by atoms with van der Waals surface area (Å²) in [6.07, 6.45) is 2.68. The van der Waals surface area contributed by atoms with Crippen LogP contribution in [-0.4, -0.2) is 33.2 Å². The van der Waals surface area contributed by atoms with E-state index in [4.69, 9.17) is 4.42 Å². The number of fused-ring (bicyclic) bond motifs is 1. The van der Waals surface area contributed by atoms with Crippen LogP contribution in [-0.2, 0) is 22.6 Å². The summed E-state index contributed by atoms with van der Waals surface area (Å²) in [7, 11) is 0. The average Bonchev–Trinajstić information content (AvgIpc) is 3.35. The molecule has 1 fully saturated rings. The number of nitrogens with zero attached hydrogens (tertiary/aromatic N) is 2. The van der Waals surface area contributed by atoms with Gasteiger partial charge < -0.3 is 19.6 Å². The van der Waals surface area contributed by atoms with E-state index >= 15 is 0 Å². The Morgan fingerprint density at radius 1 is 1.39 bits per heavy atom. The van der Waals surface area contributed by atoms with Gasteiger partial charge in [-0.3, -0.25) is 9.59 Å². The Balaban J connectivity index is 1.41. The molecule has 146 valence electrons. The van der Waals surface area contributed by atoms with Gasteiger partial charge in [0.05, 0.1) is 29.8 Å². The lowest BCUT2D eigenvalue weighted by molar-refractivity contribution is -0.128. The molecule has 0 radical (unpaired) electrons. The predicted molar refractivity (Wildman–Crippen MR) is 105 cm³/mol. The number of nitrogens with one attached hydrogen (secondary N) is 2. The summed E-state index contributed by atoms with van der Waals surface area (Å²) in [5.74, 6) is 1.65. The molecule has 0 bridgehead atoms. The number of hydrogen-bond donors (Lipinski definition) is 2. The van der Waals surface area contributed by atoms with Crippen LogP contribution in [0.1, 0.15) is 31.9 Å². The highest BCUT2D eigenvalue weighted by molar-refractivity contribution is 5.98. The maximum atomic E-state index is 12.7. The fraction of sp³-hybridized carbons (Fsp3) is 0.381. The van der Waals surface area contributed by atoms with Crippen molar-refractivity contribution in [2.75, 3.05) is 11.9 Å². The van der Waals surface area contributed by atoms with Gasteiger partial charge in [0.25, 0.3) is 0 Å². The maximum absolute atomic E-state index is 12.7. The number of imidazole rings is 1. The summed E-state index contributed by atoms with van der Waals surface area (Å²) in [6.45, 7) is 5.10. The van der Waals surface area contributed by atoms with E-state index in [2.05, 4.69) is 29.1 Å². The third-order valence-corrected chi connectivity index (χ3v) is 4.91. The molecule has 0 saturated carbocycles. The quantitative estimate of drug-likeness (QED) is 0.686. The van der Waals surface area contributed by atoms with Crippen LogP contribution in [0.4, 0.5) is 5.69 Å². The number of hydrogen-bond acceptors (Lipinski definition) is 4. The number of rotatable bonds is 6. The van der Waals surface area contributed by atoms with Gasteiger partial charge in [-0.1, -0.05) is 13.8 Å². The van der Waals surface area contributed by atoms with Crippen LogP contribution in [0.3, 0.4) is 0 Å². The number of anilines is 1. The normalized spacial score (nSPS) is 17.0. The van der Waals surface area contributed by atoms with Crippen LogP contribution in [0.5, 0.6) is 0 Å². The monoisotopic (exact) mass is 380 g/mol. The minimum absolute atomic E-state index is 0.0288. The molecule has 1 aliphatic rings. The molecule has 7 nitrogen and oxygen atoms in total. The summed E-state index contributed by atoms with van der Waals surface area (Å²) < 4.78 is 5.30. The van der Waals surface area contributed by atoms with Gasteiger partial charge in [0.1, 0.15) is 11.6 Å². The minimum atomic E-state index is -0.364. The van der Waals surface area contributed by atoms with Gasteiger partial charge >= 0.3 is 0 Å². The molecular formula is C21H24N4O3. The van der Waals surface area contributed by atoms with Crippen molar-refractivity contribution in [1.82, 2.24) is 14.9 Å². The Hall–Kier alpha value is -3.09. The van der Waals surface area contributed by atoms with Crippen LogP contribution in [0.25, 0.3) is 11.0 Å². The fourth-order valence-electron chi connectivity index (χ4n) is 3.56. The molecule has 2 aromatic heterocycles. The number of furan rings is 1. The average molecular weight is 380 g/mol. The number of aromatic nitrogens is 2. The molecule has 28 heavy (non-hydrogen) atoms. The van der Waals surface area contributed by atoms with Crippen LogP contribution in [0, 0.1) is 11.8 Å². The van der Waals surface area contributed by atoms with Gasteiger partial charge in [0.2, 0.25) is 11.8 Å². The molecule has 0 spiro atoms. The third-order valence-electron chi connectivity index (χ3n) is 4.91. The van der Waals surface area contributed by atoms with E-state index in [1.807, 2.05) is 24.3 Å². The van der Waals surface area contributed by atoms with Crippen molar-refractivity contribution in [3.8, 4) is 0 Å². The second-order valence-electron chi connectivity index (χ2n) is 7.76. The molecule has 4 rings (SSSR count). The van der Waals surface area contributed by atoms with E-state index in [-0.39, 0.29) is 24.2 Å². The lowest BCUT2D eigenvalue weighted by atomic mass is 10.1. The number of aromatic amines is 1. The summed E-state index contributed by atoms with van der Waals surface area (Å²) in [5, 5.41) is 2.94. The van der Waals surface area contributed by atoms with Gasteiger partial charge in [0, 0.05) is 25.1 Å². The zero-order chi connectivity index (χ0) is 19.7. The Kier molecular flexibility index (Phi) is 4.90. The van der Waals surface area contributed by atoms with E-state index in [0.29, 0.717) is 24.7 Å². The summed E-state index contributed by atoms with van der Waals surface area (Å²) in [6, 6.07) is 9.25. The van der Waals surface area contributed by atoms with Crippen LogP contribution >= 0.6 is 0 Å². The summed E-state index contributed by atoms with van der Waals surface area (Å²) in [4.78, 5) is 34.4.